The molecule has 0 amide bonds. The van der Waals surface area contributed by atoms with Gasteiger partial charge in [0.15, 0.2) is 0 Å². The first-order valence-electron chi connectivity index (χ1n) is 2.01. The van der Waals surface area contributed by atoms with Crippen molar-refractivity contribution in [3.8, 4) is 0 Å². The number of halogens is 4. The molecule has 0 aromatic rings. The van der Waals surface area contributed by atoms with Crippen LogP contribution in [-0.4, -0.2) is 10.6 Å². The molecule has 0 radical (unpaired) electrons. The summed E-state index contributed by atoms with van der Waals surface area (Å²) < 4.78 is 7.10. The molecule has 0 saturated heterocycles. The number of nitrogens with zero attached hydrogens (tertiary/aromatic N) is 3. The molecule has 1 aliphatic rings. The van der Waals surface area contributed by atoms with E-state index in [1.54, 1.807) is 0 Å². The van der Waals surface area contributed by atoms with Crippen molar-refractivity contribution in [2.75, 3.05) is 0 Å². The Bertz CT molecular complexity index is 259. The summed E-state index contributed by atoms with van der Waals surface area (Å²) in [6.07, 6.45) is 0. The summed E-state index contributed by atoms with van der Waals surface area (Å²) in [7, 11) is 0. The lowest BCUT2D eigenvalue weighted by Gasteiger charge is -2.04. The summed E-state index contributed by atoms with van der Waals surface area (Å²) in [5.74, 6) is -2.69. The van der Waals surface area contributed by atoms with Crippen molar-refractivity contribution >= 4 is 62.2 Å². The van der Waals surface area contributed by atoms with Crippen molar-refractivity contribution in [2.24, 2.45) is 14.5 Å². The maximum absolute atomic E-state index is 5.53. The molecule has 8 heteroatoms. The maximum atomic E-state index is 5.53. The molecule has 1 aliphatic heterocycles. The molecule has 0 aromatic heterocycles. The average Bonchev–Trinajstić information content (AvgIpc) is 1.54. The first-order chi connectivity index (χ1) is 4.49. The highest BCUT2D eigenvalue weighted by atomic mass is 35.9. The van der Waals surface area contributed by atoms with Gasteiger partial charge in [-0.05, 0) is 45.7 Å². The van der Waals surface area contributed by atoms with Gasteiger partial charge in [-0.2, -0.15) is 14.5 Å². The fourth-order valence-electron chi connectivity index (χ4n) is 0.342. The highest BCUT2D eigenvalue weighted by molar-refractivity contribution is 8.09. The molecule has 0 N–H and O–H groups in total. The lowest BCUT2D eigenvalue weighted by molar-refractivity contribution is 1.61. The van der Waals surface area contributed by atoms with Crippen LogP contribution in [0.2, 0.25) is 0 Å². The molecule has 0 fully saturated rings. The Hall–Kier alpha value is 0.730. The van der Waals surface area contributed by atoms with Crippen molar-refractivity contribution < 1.29 is 0 Å². The average molecular weight is 239 g/mol. The largest absolute Gasteiger partial charge is 0.258 e. The predicted octanol–water partition coefficient (Wildman–Crippen LogP) is 3.61. The second-order valence-electron chi connectivity index (χ2n) is 1.31. The van der Waals surface area contributed by atoms with Crippen LogP contribution in [0.3, 0.4) is 0 Å². The van der Waals surface area contributed by atoms with Crippen molar-refractivity contribution in [1.29, 1.82) is 0 Å². The lowest BCUT2D eigenvalue weighted by atomic mass is 11.2. The number of hydrogen-bond donors (Lipinski definition) is 0. The van der Waals surface area contributed by atoms with Gasteiger partial charge in [-0.15, -0.1) is 0 Å². The molecule has 10 heavy (non-hydrogen) atoms. The van der Waals surface area contributed by atoms with Gasteiger partial charge in [0, 0.05) is 0 Å². The zero-order valence-corrected chi connectivity index (χ0v) is 8.22. The third-order valence-corrected chi connectivity index (χ3v) is 2.93. The Morgan fingerprint density at radius 1 is 1.10 bits per heavy atom. The van der Waals surface area contributed by atoms with E-state index in [4.69, 9.17) is 45.7 Å². The van der Waals surface area contributed by atoms with Gasteiger partial charge in [0.1, 0.15) is 0 Å². The van der Waals surface area contributed by atoms with Crippen LogP contribution in [0.1, 0.15) is 0 Å². The van der Waals surface area contributed by atoms with Crippen LogP contribution in [-0.2, 0) is 0 Å². The smallest absolute Gasteiger partial charge is 0.187 e. The van der Waals surface area contributed by atoms with Crippen LogP contribution in [0.5, 0.6) is 0 Å². The monoisotopic (exact) mass is 237 g/mol. The summed E-state index contributed by atoms with van der Waals surface area (Å²) in [6.45, 7) is 0. The number of hydrogen-bond acceptors (Lipinski definition) is 3. The summed E-state index contributed by atoms with van der Waals surface area (Å²) in [4.78, 5) is 3.47. The van der Waals surface area contributed by atoms with Gasteiger partial charge in [0.2, 0.25) is 10.6 Å². The molecular weight excluding hydrogens is 239 g/mol. The van der Waals surface area contributed by atoms with E-state index in [2.05, 4.69) is 14.5 Å². The van der Waals surface area contributed by atoms with E-state index in [-0.39, 0.29) is 10.6 Å². The Labute approximate surface area is 76.7 Å². The van der Waals surface area contributed by atoms with Gasteiger partial charge in [-0.3, -0.25) is 0 Å². The summed E-state index contributed by atoms with van der Waals surface area (Å²) >= 11 is 21.8. The zero-order valence-electron chi connectivity index (χ0n) is 4.30. The Morgan fingerprint density at radius 3 is 2.10 bits per heavy atom. The summed E-state index contributed by atoms with van der Waals surface area (Å²) in [6, 6.07) is 0. The van der Waals surface area contributed by atoms with Gasteiger partial charge in [-0.25, -0.2) is 0 Å². The molecule has 3 nitrogen and oxygen atoms in total. The van der Waals surface area contributed by atoms with Crippen LogP contribution < -0.4 is 0 Å². The first-order valence-corrected chi connectivity index (χ1v) is 6.27. The minimum absolute atomic E-state index is 0.0571. The van der Waals surface area contributed by atoms with E-state index < -0.39 is 5.91 Å². The third-order valence-electron chi connectivity index (χ3n) is 0.590. The molecule has 0 atom stereocenters. The van der Waals surface area contributed by atoms with Crippen molar-refractivity contribution in [1.82, 2.24) is 0 Å². The second-order valence-corrected chi connectivity index (χ2v) is 6.64. The van der Waals surface area contributed by atoms with Crippen LogP contribution in [0.25, 0.3) is 0 Å². The molecule has 0 aromatic carbocycles. The SMILES string of the molecule is ClC1=NC(Cl)=NP(Cl)(Cl)=N1. The van der Waals surface area contributed by atoms with Crippen molar-refractivity contribution in [3.63, 3.8) is 0 Å². The first kappa shape index (κ1) is 8.82. The van der Waals surface area contributed by atoms with E-state index in [1.807, 2.05) is 0 Å². The van der Waals surface area contributed by atoms with Crippen molar-refractivity contribution in [3.05, 3.63) is 0 Å². The lowest BCUT2D eigenvalue weighted by Crippen LogP contribution is -1.90. The third kappa shape index (κ3) is 2.40. The minimum Gasteiger partial charge on any atom is -0.187 e. The van der Waals surface area contributed by atoms with Gasteiger partial charge in [0.05, 0.1) is 0 Å². The molecule has 0 aliphatic carbocycles. The molecule has 1 heterocycles. The van der Waals surface area contributed by atoms with E-state index in [0.29, 0.717) is 0 Å². The van der Waals surface area contributed by atoms with Gasteiger partial charge in [0.25, 0.3) is 5.91 Å². The van der Waals surface area contributed by atoms with E-state index in [1.165, 1.54) is 0 Å². The molecule has 0 saturated carbocycles. The highest BCUT2D eigenvalue weighted by Gasteiger charge is 2.16. The molecule has 56 valence electrons. The van der Waals surface area contributed by atoms with Crippen molar-refractivity contribution in [2.45, 2.75) is 0 Å². The topological polar surface area (TPSA) is 37.1 Å². The Morgan fingerprint density at radius 2 is 1.70 bits per heavy atom. The number of amidine groups is 2. The van der Waals surface area contributed by atoms with Gasteiger partial charge < -0.3 is 0 Å². The molecule has 0 bridgehead atoms. The van der Waals surface area contributed by atoms with Crippen LogP contribution >= 0.6 is 51.6 Å². The second kappa shape index (κ2) is 3.00. The zero-order chi connectivity index (χ0) is 7.78. The van der Waals surface area contributed by atoms with Gasteiger partial charge >= 0.3 is 0 Å². The highest BCUT2D eigenvalue weighted by Crippen LogP contribution is 2.63. The minimum atomic E-state index is -2.69. The quantitative estimate of drug-likeness (QED) is 0.457. The summed E-state index contributed by atoms with van der Waals surface area (Å²) in [5, 5.41) is -0.114. The van der Waals surface area contributed by atoms with E-state index in [9.17, 15) is 0 Å². The van der Waals surface area contributed by atoms with Crippen LogP contribution in [0, 0.1) is 0 Å². The normalized spacial score (nSPS) is 22.8. The molecule has 0 spiro atoms. The van der Waals surface area contributed by atoms with Crippen LogP contribution in [0.15, 0.2) is 14.5 Å². The predicted molar refractivity (Wildman–Crippen MR) is 47.6 cm³/mol. The molecular formula is C2Cl4N3P. The molecule has 1 rings (SSSR count). The number of aliphatic imine (C=N–C) groups is 1. The summed E-state index contributed by atoms with van der Waals surface area (Å²) in [5.41, 5.74) is 0. The maximum Gasteiger partial charge on any atom is 0.258 e. The fraction of sp³-hybridized carbons (Fsp3) is 0. The standard InChI is InChI=1S/C2Cl4N3P/c3-1-7-2(4)9-10(5,6)8-1. The Balaban J connectivity index is 3.15. The van der Waals surface area contributed by atoms with E-state index in [0.717, 1.165) is 0 Å². The fourth-order valence-corrected chi connectivity index (χ4v) is 3.06. The molecule has 0 unspecified atom stereocenters. The van der Waals surface area contributed by atoms with Gasteiger partial charge in [-0.1, -0.05) is 0 Å². The van der Waals surface area contributed by atoms with E-state index >= 15 is 0 Å². The Kier molecular flexibility index (Phi) is 2.64. The number of rotatable bonds is 0. The van der Waals surface area contributed by atoms with Crippen LogP contribution in [0.4, 0.5) is 0 Å².